The molecule has 0 aliphatic rings. The van der Waals surface area contributed by atoms with E-state index in [1.54, 1.807) is 28.7 Å². The topological polar surface area (TPSA) is 90.1 Å². The molecule has 0 bridgehead atoms. The molecule has 0 aliphatic heterocycles. The summed E-state index contributed by atoms with van der Waals surface area (Å²) in [7, 11) is 1.48. The van der Waals surface area contributed by atoms with Crippen LogP contribution in [0, 0.1) is 13.8 Å². The SMILES string of the molecule is COc1cc(/C=c2/sc3nc4c(C)cc(C)cc4n3c2=O)ccc1O[C@@H](C)C(=O)O. The molecule has 8 heteroatoms. The lowest BCUT2D eigenvalue weighted by atomic mass is 10.1. The summed E-state index contributed by atoms with van der Waals surface area (Å²) < 4.78 is 13.0. The fraction of sp³-hybridized carbons (Fsp3) is 0.227. The molecule has 0 unspecified atom stereocenters. The predicted molar refractivity (Wildman–Crippen MR) is 116 cm³/mol. The number of aryl methyl sites for hydroxylation is 2. The normalized spacial score (nSPS) is 13.1. The molecule has 0 radical (unpaired) electrons. The molecule has 4 rings (SSSR count). The first-order valence-corrected chi connectivity index (χ1v) is 10.1. The Bertz CT molecular complexity index is 1400. The second kappa shape index (κ2) is 7.46. The van der Waals surface area contributed by atoms with E-state index < -0.39 is 12.1 Å². The van der Waals surface area contributed by atoms with E-state index in [-0.39, 0.29) is 5.56 Å². The molecule has 0 saturated heterocycles. The molecule has 0 fully saturated rings. The molecule has 2 aromatic heterocycles. The smallest absolute Gasteiger partial charge is 0.344 e. The molecule has 30 heavy (non-hydrogen) atoms. The maximum Gasteiger partial charge on any atom is 0.344 e. The van der Waals surface area contributed by atoms with Crippen molar-refractivity contribution in [2.45, 2.75) is 26.9 Å². The van der Waals surface area contributed by atoms with Crippen LogP contribution in [0.4, 0.5) is 0 Å². The van der Waals surface area contributed by atoms with E-state index in [0.29, 0.717) is 21.0 Å². The summed E-state index contributed by atoms with van der Waals surface area (Å²) in [4.78, 5) is 29.4. The van der Waals surface area contributed by atoms with Gasteiger partial charge in [0.05, 0.1) is 22.7 Å². The third kappa shape index (κ3) is 3.39. The quantitative estimate of drug-likeness (QED) is 0.530. The lowest BCUT2D eigenvalue weighted by molar-refractivity contribution is -0.144. The van der Waals surface area contributed by atoms with Gasteiger partial charge in [0.25, 0.3) is 5.56 Å². The number of aliphatic carboxylic acids is 1. The van der Waals surface area contributed by atoms with Gasteiger partial charge in [-0.15, -0.1) is 0 Å². The first-order chi connectivity index (χ1) is 14.3. The Morgan fingerprint density at radius 3 is 2.70 bits per heavy atom. The zero-order chi connectivity index (χ0) is 21.6. The van der Waals surface area contributed by atoms with Gasteiger partial charge in [0.2, 0.25) is 0 Å². The molecule has 4 aromatic rings. The Balaban J connectivity index is 1.80. The number of carboxylic acid groups (broad SMARTS) is 1. The van der Waals surface area contributed by atoms with Crippen LogP contribution in [0.25, 0.3) is 22.1 Å². The number of rotatable bonds is 5. The number of aromatic nitrogens is 2. The number of methoxy groups -OCH3 is 1. The Morgan fingerprint density at radius 1 is 1.23 bits per heavy atom. The largest absolute Gasteiger partial charge is 0.493 e. The second-order valence-corrected chi connectivity index (χ2v) is 8.11. The standard InChI is InChI=1S/C22H20N2O5S/c1-11-7-12(2)19-15(8-11)24-20(25)18(30-22(24)23-19)10-14-5-6-16(17(9-14)28-4)29-13(3)21(26)27/h5-10,13H,1-4H3,(H,26,27)/b18-10+/t13-/m0/s1. The minimum absolute atomic E-state index is 0.124. The summed E-state index contributed by atoms with van der Waals surface area (Å²) in [6, 6.07) is 9.12. The lowest BCUT2D eigenvalue weighted by Crippen LogP contribution is -2.23. The number of carbonyl (C=O) groups is 1. The fourth-order valence-electron chi connectivity index (χ4n) is 3.37. The van der Waals surface area contributed by atoms with Crippen molar-refractivity contribution in [3.8, 4) is 11.5 Å². The van der Waals surface area contributed by atoms with Crippen molar-refractivity contribution in [3.05, 3.63) is 61.9 Å². The highest BCUT2D eigenvalue weighted by atomic mass is 32.1. The maximum absolute atomic E-state index is 13.1. The van der Waals surface area contributed by atoms with Crippen molar-refractivity contribution < 1.29 is 19.4 Å². The summed E-state index contributed by atoms with van der Waals surface area (Å²) in [5.41, 5.74) is 4.39. The molecule has 0 amide bonds. The van der Waals surface area contributed by atoms with Gasteiger partial charge in [0.1, 0.15) is 0 Å². The van der Waals surface area contributed by atoms with Gasteiger partial charge < -0.3 is 14.6 Å². The number of hydrogen-bond acceptors (Lipinski definition) is 6. The molecule has 154 valence electrons. The maximum atomic E-state index is 13.1. The molecule has 1 atom stereocenters. The van der Waals surface area contributed by atoms with Crippen LogP contribution in [0.2, 0.25) is 0 Å². The van der Waals surface area contributed by atoms with Crippen LogP contribution in [0.5, 0.6) is 11.5 Å². The zero-order valence-corrected chi connectivity index (χ0v) is 17.7. The van der Waals surface area contributed by atoms with Gasteiger partial charge >= 0.3 is 5.97 Å². The van der Waals surface area contributed by atoms with E-state index >= 15 is 0 Å². The van der Waals surface area contributed by atoms with Gasteiger partial charge in [0.15, 0.2) is 22.6 Å². The van der Waals surface area contributed by atoms with Crippen LogP contribution in [0.15, 0.2) is 35.1 Å². The number of carboxylic acids is 1. The van der Waals surface area contributed by atoms with Crippen molar-refractivity contribution in [2.24, 2.45) is 0 Å². The van der Waals surface area contributed by atoms with Crippen LogP contribution in [-0.2, 0) is 4.79 Å². The van der Waals surface area contributed by atoms with Crippen molar-refractivity contribution in [1.29, 1.82) is 0 Å². The Labute approximate surface area is 175 Å². The Hall–Kier alpha value is -3.39. The van der Waals surface area contributed by atoms with E-state index in [4.69, 9.17) is 14.6 Å². The first kappa shape index (κ1) is 19.9. The number of nitrogens with zero attached hydrogens (tertiary/aromatic N) is 2. The van der Waals surface area contributed by atoms with Gasteiger partial charge in [-0.05, 0) is 61.7 Å². The number of benzene rings is 2. The minimum Gasteiger partial charge on any atom is -0.493 e. The van der Waals surface area contributed by atoms with Crippen LogP contribution in [0.3, 0.4) is 0 Å². The van der Waals surface area contributed by atoms with Gasteiger partial charge in [-0.3, -0.25) is 4.79 Å². The molecule has 1 N–H and O–H groups in total. The number of hydrogen-bond donors (Lipinski definition) is 1. The zero-order valence-electron chi connectivity index (χ0n) is 16.9. The van der Waals surface area contributed by atoms with E-state index in [1.165, 1.54) is 25.4 Å². The monoisotopic (exact) mass is 424 g/mol. The summed E-state index contributed by atoms with van der Waals surface area (Å²) >= 11 is 1.33. The van der Waals surface area contributed by atoms with Gasteiger partial charge in [-0.2, -0.15) is 0 Å². The number of ether oxygens (including phenoxy) is 2. The van der Waals surface area contributed by atoms with Gasteiger partial charge in [0, 0.05) is 0 Å². The first-order valence-electron chi connectivity index (χ1n) is 9.30. The number of imidazole rings is 1. The predicted octanol–water partition coefficient (Wildman–Crippen LogP) is 2.93. The summed E-state index contributed by atoms with van der Waals surface area (Å²) in [6.45, 7) is 5.43. The third-order valence-corrected chi connectivity index (χ3v) is 5.79. The van der Waals surface area contributed by atoms with Crippen molar-refractivity contribution in [2.75, 3.05) is 7.11 Å². The van der Waals surface area contributed by atoms with Crippen molar-refractivity contribution in [1.82, 2.24) is 9.38 Å². The van der Waals surface area contributed by atoms with Crippen LogP contribution >= 0.6 is 11.3 Å². The van der Waals surface area contributed by atoms with Gasteiger partial charge in [-0.1, -0.05) is 23.5 Å². The summed E-state index contributed by atoms with van der Waals surface area (Å²) in [5.74, 6) is -0.351. The van der Waals surface area contributed by atoms with Crippen molar-refractivity contribution in [3.63, 3.8) is 0 Å². The van der Waals surface area contributed by atoms with Crippen LogP contribution < -0.4 is 19.6 Å². The van der Waals surface area contributed by atoms with Crippen molar-refractivity contribution >= 4 is 39.4 Å². The molecule has 7 nitrogen and oxygen atoms in total. The average molecular weight is 424 g/mol. The van der Waals surface area contributed by atoms with Crippen LogP contribution in [0.1, 0.15) is 23.6 Å². The highest BCUT2D eigenvalue weighted by molar-refractivity contribution is 7.15. The number of thiazole rings is 1. The molecule has 2 aromatic carbocycles. The molecular weight excluding hydrogens is 404 g/mol. The summed E-state index contributed by atoms with van der Waals surface area (Å²) in [6.07, 6.45) is 0.760. The Morgan fingerprint density at radius 2 is 2.00 bits per heavy atom. The molecule has 0 aliphatic carbocycles. The lowest BCUT2D eigenvalue weighted by Gasteiger charge is -2.14. The van der Waals surface area contributed by atoms with E-state index in [9.17, 15) is 9.59 Å². The average Bonchev–Trinajstić information content (AvgIpc) is 3.20. The molecule has 2 heterocycles. The van der Waals surface area contributed by atoms with E-state index in [2.05, 4.69) is 11.1 Å². The van der Waals surface area contributed by atoms with Gasteiger partial charge in [-0.25, -0.2) is 14.2 Å². The Kier molecular flexibility index (Phi) is 4.95. The number of fused-ring (bicyclic) bond motifs is 3. The molecular formula is C22H20N2O5S. The van der Waals surface area contributed by atoms with Crippen LogP contribution in [-0.4, -0.2) is 33.7 Å². The minimum atomic E-state index is -1.07. The molecule has 0 spiro atoms. The highest BCUT2D eigenvalue weighted by Crippen LogP contribution is 2.29. The fourth-order valence-corrected chi connectivity index (χ4v) is 4.35. The van der Waals surface area contributed by atoms with E-state index in [1.807, 2.05) is 19.9 Å². The second-order valence-electron chi connectivity index (χ2n) is 7.10. The summed E-state index contributed by atoms with van der Waals surface area (Å²) in [5, 5.41) is 9.03. The third-order valence-electron chi connectivity index (χ3n) is 4.82. The highest BCUT2D eigenvalue weighted by Gasteiger charge is 2.16. The van der Waals surface area contributed by atoms with E-state index in [0.717, 1.165) is 27.7 Å². The molecule has 0 saturated carbocycles.